The van der Waals surface area contributed by atoms with Gasteiger partial charge in [-0.1, -0.05) is 146 Å². The molecule has 56 heavy (non-hydrogen) atoms. The summed E-state index contributed by atoms with van der Waals surface area (Å²) in [6, 6.07) is 62.3. The third-order valence-corrected chi connectivity index (χ3v) is 10.6. The van der Waals surface area contributed by atoms with Gasteiger partial charge in [0.15, 0.2) is 5.82 Å². The molecule has 0 amide bonds. The van der Waals surface area contributed by atoms with E-state index < -0.39 is 0 Å². The van der Waals surface area contributed by atoms with Crippen LogP contribution in [0.1, 0.15) is 0 Å². The van der Waals surface area contributed by atoms with E-state index in [1.165, 1.54) is 0 Å². The summed E-state index contributed by atoms with van der Waals surface area (Å²) in [5.74, 6) is 0.664. The summed E-state index contributed by atoms with van der Waals surface area (Å²) < 4.78 is 13.2. The molecule has 0 atom stereocenters. The first-order valence-electron chi connectivity index (χ1n) is 18.7. The number of benzene rings is 7. The van der Waals surface area contributed by atoms with Crippen LogP contribution in [0.15, 0.2) is 197 Å². The second-order valence-electron chi connectivity index (χ2n) is 13.9. The van der Waals surface area contributed by atoms with Gasteiger partial charge < -0.3 is 8.83 Å². The van der Waals surface area contributed by atoms with Gasteiger partial charge in [-0.15, -0.1) is 0 Å². The van der Waals surface area contributed by atoms with Gasteiger partial charge in [0.05, 0.1) is 17.1 Å². The van der Waals surface area contributed by atoms with Crippen LogP contribution in [0.25, 0.3) is 111 Å². The summed E-state index contributed by atoms with van der Waals surface area (Å²) in [6.07, 6.45) is 1.82. The highest BCUT2D eigenvalue weighted by atomic mass is 16.3. The zero-order valence-corrected chi connectivity index (χ0v) is 30.1. The Labute approximate surface area is 322 Å². The van der Waals surface area contributed by atoms with Crippen molar-refractivity contribution in [2.45, 2.75) is 0 Å². The van der Waals surface area contributed by atoms with E-state index >= 15 is 0 Å². The van der Waals surface area contributed by atoms with Crippen molar-refractivity contribution in [3.63, 3.8) is 0 Å². The van der Waals surface area contributed by atoms with Crippen molar-refractivity contribution in [1.82, 2.24) is 15.0 Å². The summed E-state index contributed by atoms with van der Waals surface area (Å²) in [7, 11) is 0. The Morgan fingerprint density at radius 3 is 1.75 bits per heavy atom. The number of pyridine rings is 1. The molecule has 262 valence electrons. The number of hydrogen-bond acceptors (Lipinski definition) is 5. The lowest BCUT2D eigenvalue weighted by Crippen LogP contribution is -1.97. The van der Waals surface area contributed by atoms with Crippen molar-refractivity contribution in [2.75, 3.05) is 0 Å². The SMILES string of the molecule is c1ccc(-c2nc(-c3ccc(-c4ccc(-c5cccc6c5oc5ccccc56)c5c4oc4ccccc45)cc3)cc(-c3ccccc3-c3ccccn3)n2)cc1. The average molecular weight is 718 g/mol. The molecular weight excluding hydrogens is 687 g/mol. The number of nitrogens with zero attached hydrogens (tertiary/aromatic N) is 3. The van der Waals surface area contributed by atoms with E-state index in [1.807, 2.05) is 91.1 Å². The van der Waals surface area contributed by atoms with Gasteiger partial charge in [-0.05, 0) is 47.5 Å². The molecule has 0 aliphatic rings. The molecule has 11 rings (SSSR count). The van der Waals surface area contributed by atoms with Crippen molar-refractivity contribution in [3.05, 3.63) is 188 Å². The number of hydrogen-bond donors (Lipinski definition) is 0. The van der Waals surface area contributed by atoms with Gasteiger partial charge in [-0.25, -0.2) is 9.97 Å². The fourth-order valence-corrected chi connectivity index (χ4v) is 7.96. The van der Waals surface area contributed by atoms with E-state index in [2.05, 4.69) is 102 Å². The van der Waals surface area contributed by atoms with Crippen LogP contribution in [0.2, 0.25) is 0 Å². The lowest BCUT2D eigenvalue weighted by molar-refractivity contribution is 0.669. The second-order valence-corrected chi connectivity index (χ2v) is 13.9. The van der Waals surface area contributed by atoms with Gasteiger partial charge in [-0.2, -0.15) is 0 Å². The lowest BCUT2D eigenvalue weighted by atomic mass is 9.93. The van der Waals surface area contributed by atoms with Crippen LogP contribution in [0, 0.1) is 0 Å². The molecule has 0 N–H and O–H groups in total. The van der Waals surface area contributed by atoms with Crippen molar-refractivity contribution >= 4 is 43.9 Å². The zero-order chi connectivity index (χ0) is 37.0. The van der Waals surface area contributed by atoms with Crippen LogP contribution >= 0.6 is 0 Å². The van der Waals surface area contributed by atoms with E-state index in [0.717, 1.165) is 105 Å². The van der Waals surface area contributed by atoms with E-state index in [1.54, 1.807) is 0 Å². The monoisotopic (exact) mass is 717 g/mol. The number of furan rings is 2. The van der Waals surface area contributed by atoms with Gasteiger partial charge in [0.25, 0.3) is 0 Å². The number of para-hydroxylation sites is 3. The maximum atomic E-state index is 6.71. The summed E-state index contributed by atoms with van der Waals surface area (Å²) in [6.45, 7) is 0. The zero-order valence-electron chi connectivity index (χ0n) is 30.1. The van der Waals surface area contributed by atoms with E-state index in [9.17, 15) is 0 Å². The first-order valence-corrected chi connectivity index (χ1v) is 18.7. The highest BCUT2D eigenvalue weighted by Crippen LogP contribution is 2.45. The summed E-state index contributed by atoms with van der Waals surface area (Å²) in [5, 5.41) is 4.34. The number of aromatic nitrogens is 3. The second kappa shape index (κ2) is 13.0. The Hall–Kier alpha value is -7.63. The van der Waals surface area contributed by atoms with E-state index in [-0.39, 0.29) is 0 Å². The van der Waals surface area contributed by atoms with Crippen LogP contribution < -0.4 is 0 Å². The molecule has 7 aromatic carbocycles. The minimum atomic E-state index is 0.664. The maximum Gasteiger partial charge on any atom is 0.160 e. The third kappa shape index (κ3) is 5.29. The minimum absolute atomic E-state index is 0.664. The lowest BCUT2D eigenvalue weighted by Gasteiger charge is -2.13. The Balaban J connectivity index is 1.05. The molecule has 0 saturated heterocycles. The predicted octanol–water partition coefficient (Wildman–Crippen LogP) is 13.7. The fraction of sp³-hybridized carbons (Fsp3) is 0. The molecule has 5 heteroatoms. The molecule has 0 spiro atoms. The van der Waals surface area contributed by atoms with Gasteiger partial charge in [0, 0.05) is 61.1 Å². The predicted molar refractivity (Wildman–Crippen MR) is 227 cm³/mol. The largest absolute Gasteiger partial charge is 0.455 e. The highest BCUT2D eigenvalue weighted by Gasteiger charge is 2.21. The van der Waals surface area contributed by atoms with Crippen molar-refractivity contribution < 1.29 is 8.83 Å². The Morgan fingerprint density at radius 2 is 0.946 bits per heavy atom. The van der Waals surface area contributed by atoms with Crippen molar-refractivity contribution in [3.8, 4) is 67.4 Å². The molecule has 0 bridgehead atoms. The van der Waals surface area contributed by atoms with Crippen LogP contribution in [-0.2, 0) is 0 Å². The minimum Gasteiger partial charge on any atom is -0.455 e. The first kappa shape index (κ1) is 31.9. The smallest absolute Gasteiger partial charge is 0.160 e. The summed E-state index contributed by atoms with van der Waals surface area (Å²) in [5.41, 5.74) is 14.1. The van der Waals surface area contributed by atoms with Crippen LogP contribution in [0.5, 0.6) is 0 Å². The average Bonchev–Trinajstić information content (AvgIpc) is 3.86. The molecule has 0 fully saturated rings. The Bertz CT molecular complexity index is 3240. The molecule has 5 nitrogen and oxygen atoms in total. The summed E-state index contributed by atoms with van der Waals surface area (Å²) in [4.78, 5) is 14.9. The molecular formula is C51H31N3O2. The summed E-state index contributed by atoms with van der Waals surface area (Å²) >= 11 is 0. The first-order chi connectivity index (χ1) is 27.8. The van der Waals surface area contributed by atoms with Gasteiger partial charge in [0.2, 0.25) is 0 Å². The molecule has 0 aliphatic carbocycles. The van der Waals surface area contributed by atoms with Crippen molar-refractivity contribution in [1.29, 1.82) is 0 Å². The van der Waals surface area contributed by atoms with Gasteiger partial charge in [-0.3, -0.25) is 4.98 Å². The van der Waals surface area contributed by atoms with Crippen molar-refractivity contribution in [2.24, 2.45) is 0 Å². The number of fused-ring (bicyclic) bond motifs is 6. The number of rotatable bonds is 6. The third-order valence-electron chi connectivity index (χ3n) is 10.6. The molecule has 0 unspecified atom stereocenters. The molecule has 4 aromatic heterocycles. The molecule has 4 heterocycles. The van der Waals surface area contributed by atoms with Gasteiger partial charge in [0.1, 0.15) is 22.3 Å². The topological polar surface area (TPSA) is 65.0 Å². The standard InChI is InChI=1S/C51H31N3O2/c1-2-13-34(14-3-1)51-53-44(31-45(54-51)37-16-5-4-15-36(37)43-21-10-11-30-52-43)33-26-24-32(25-27-33)35-28-29-39(48-42-18-7-9-23-47(42)56-50(35)48)41-20-12-19-40-38-17-6-8-22-46(38)55-49(40)41/h1-31H. The normalized spacial score (nSPS) is 11.6. The molecule has 0 aliphatic heterocycles. The van der Waals surface area contributed by atoms with Crippen LogP contribution in [0.4, 0.5) is 0 Å². The Kier molecular flexibility index (Phi) is 7.42. The Morgan fingerprint density at radius 1 is 0.339 bits per heavy atom. The van der Waals surface area contributed by atoms with Gasteiger partial charge >= 0.3 is 0 Å². The molecule has 0 radical (unpaired) electrons. The van der Waals surface area contributed by atoms with Crippen LogP contribution in [0.3, 0.4) is 0 Å². The van der Waals surface area contributed by atoms with E-state index in [0.29, 0.717) is 5.82 Å². The molecule has 11 aromatic rings. The van der Waals surface area contributed by atoms with E-state index in [4.69, 9.17) is 18.8 Å². The highest BCUT2D eigenvalue weighted by molar-refractivity contribution is 6.19. The quantitative estimate of drug-likeness (QED) is 0.171. The van der Waals surface area contributed by atoms with Crippen LogP contribution in [-0.4, -0.2) is 15.0 Å². The molecule has 0 saturated carbocycles. The fourth-order valence-electron chi connectivity index (χ4n) is 7.96. The maximum absolute atomic E-state index is 6.71.